The molecule has 5 aromatic rings. The van der Waals surface area contributed by atoms with E-state index in [0.717, 1.165) is 89.3 Å². The number of carbonyl (C=O) groups is 2. The van der Waals surface area contributed by atoms with Gasteiger partial charge >= 0.3 is 0 Å². The fraction of sp³-hybridized carbons (Fsp3) is 0.447. The molecule has 0 bridgehead atoms. The zero-order valence-corrected chi connectivity index (χ0v) is 35.4. The summed E-state index contributed by atoms with van der Waals surface area (Å²) in [7, 11) is 0. The van der Waals surface area contributed by atoms with Crippen molar-refractivity contribution < 1.29 is 18.7 Å². The molecule has 0 radical (unpaired) electrons. The molecule has 2 fully saturated rings. The van der Waals surface area contributed by atoms with Crippen molar-refractivity contribution in [3.8, 4) is 11.1 Å². The van der Waals surface area contributed by atoms with Crippen LogP contribution in [0.5, 0.6) is 0 Å². The van der Waals surface area contributed by atoms with E-state index in [9.17, 15) is 4.79 Å². The maximum absolute atomic E-state index is 15.9. The number of piperazine rings is 1. The number of carbonyl (C=O) groups excluding carboxylic acids is 2. The van der Waals surface area contributed by atoms with Crippen LogP contribution in [0.2, 0.25) is 0 Å². The number of hydrogen-bond donors (Lipinski definition) is 3. The number of amides is 2. The molecule has 312 valence electrons. The number of halogens is 1. The van der Waals surface area contributed by atoms with E-state index in [1.165, 1.54) is 6.07 Å². The lowest BCUT2D eigenvalue weighted by Gasteiger charge is -2.31. The predicted molar refractivity (Wildman–Crippen MR) is 232 cm³/mol. The van der Waals surface area contributed by atoms with Crippen molar-refractivity contribution in [2.75, 3.05) is 38.2 Å². The molecule has 59 heavy (non-hydrogen) atoms. The first-order valence-electron chi connectivity index (χ1n) is 21.1. The highest BCUT2D eigenvalue weighted by molar-refractivity contribution is 6.00. The molecule has 0 unspecified atom stereocenters. The third-order valence-corrected chi connectivity index (χ3v) is 11.6. The molecule has 0 aliphatic carbocycles. The number of primary amides is 1. The van der Waals surface area contributed by atoms with E-state index in [1.807, 2.05) is 62.8 Å². The third kappa shape index (κ3) is 9.67. The number of benzene rings is 3. The first-order valence-corrected chi connectivity index (χ1v) is 21.1. The van der Waals surface area contributed by atoms with Gasteiger partial charge in [-0.1, -0.05) is 52.0 Å². The number of hydrogen-bond acceptors (Lipinski definition) is 8. The summed E-state index contributed by atoms with van der Waals surface area (Å²) in [6, 6.07) is 19.0. The highest BCUT2D eigenvalue weighted by atomic mass is 19.1. The molecule has 2 saturated heterocycles. The maximum Gasteiger partial charge on any atom is 0.254 e. The van der Waals surface area contributed by atoms with Crippen LogP contribution in [0.3, 0.4) is 0 Å². The first kappa shape index (κ1) is 42.0. The predicted octanol–water partition coefficient (Wildman–Crippen LogP) is 7.44. The highest BCUT2D eigenvalue weighted by Crippen LogP contribution is 2.34. The minimum Gasteiger partial charge on any atom is -0.381 e. The quantitative estimate of drug-likeness (QED) is 0.112. The Balaban J connectivity index is 1.31. The lowest BCUT2D eigenvalue weighted by molar-refractivity contribution is 0.0729. The topological polar surface area (TPSA) is 131 Å². The number of rotatable bonds is 13. The molecule has 4 N–H and O–H groups in total. The number of pyridine rings is 1. The molecule has 3 aromatic carbocycles. The average Bonchev–Trinajstić information content (AvgIpc) is 3.64. The molecule has 2 amide bonds. The number of aryl methyl sites for hydroxylation is 2. The molecule has 4 heterocycles. The highest BCUT2D eigenvalue weighted by Gasteiger charge is 2.28. The van der Waals surface area contributed by atoms with Crippen LogP contribution in [-0.4, -0.2) is 81.3 Å². The molecule has 0 saturated carbocycles. The molecule has 2 aromatic heterocycles. The Morgan fingerprint density at radius 3 is 2.51 bits per heavy atom. The zero-order chi connectivity index (χ0) is 41.8. The molecule has 2 aliphatic rings. The summed E-state index contributed by atoms with van der Waals surface area (Å²) >= 11 is 0. The lowest BCUT2D eigenvalue weighted by atomic mass is 9.84. The Labute approximate surface area is 347 Å². The molecule has 2 aliphatic heterocycles. The summed E-state index contributed by atoms with van der Waals surface area (Å²) in [4.78, 5) is 37.1. The van der Waals surface area contributed by atoms with Crippen LogP contribution in [0, 0.1) is 5.82 Å². The number of nitrogens with zero attached hydrogens (tertiary/aromatic N) is 5. The van der Waals surface area contributed by atoms with Gasteiger partial charge in [0.1, 0.15) is 5.82 Å². The van der Waals surface area contributed by atoms with Crippen LogP contribution in [0.1, 0.15) is 103 Å². The van der Waals surface area contributed by atoms with Gasteiger partial charge in [0.2, 0.25) is 5.91 Å². The second kappa shape index (κ2) is 18.0. The molecule has 0 spiro atoms. The molecular weight excluding hydrogens is 744 g/mol. The molecule has 11 nitrogen and oxygen atoms in total. The van der Waals surface area contributed by atoms with E-state index in [4.69, 9.17) is 15.5 Å². The van der Waals surface area contributed by atoms with Crippen molar-refractivity contribution in [2.45, 2.75) is 104 Å². The summed E-state index contributed by atoms with van der Waals surface area (Å²) in [5.41, 5.74) is 13.5. The van der Waals surface area contributed by atoms with Gasteiger partial charge < -0.3 is 26.0 Å². The summed E-state index contributed by atoms with van der Waals surface area (Å²) in [6.45, 7) is 18.4. The smallest absolute Gasteiger partial charge is 0.254 e. The van der Waals surface area contributed by atoms with Crippen molar-refractivity contribution >= 4 is 28.5 Å². The summed E-state index contributed by atoms with van der Waals surface area (Å²) in [5, 5.41) is 12.9. The Morgan fingerprint density at radius 1 is 1.02 bits per heavy atom. The molecule has 12 heteroatoms. The van der Waals surface area contributed by atoms with E-state index in [-0.39, 0.29) is 41.8 Å². The lowest BCUT2D eigenvalue weighted by Crippen LogP contribution is -2.48. The second-order valence-corrected chi connectivity index (χ2v) is 17.2. The Morgan fingerprint density at radius 2 is 1.80 bits per heavy atom. The van der Waals surface area contributed by atoms with Gasteiger partial charge in [-0.15, -0.1) is 0 Å². The maximum atomic E-state index is 15.9. The van der Waals surface area contributed by atoms with Crippen molar-refractivity contribution in [1.82, 2.24) is 29.9 Å². The van der Waals surface area contributed by atoms with Crippen LogP contribution >= 0.6 is 0 Å². The molecular formula is C47H59FN8O3. The van der Waals surface area contributed by atoms with Crippen LogP contribution in [0.15, 0.2) is 66.9 Å². The van der Waals surface area contributed by atoms with E-state index in [1.54, 1.807) is 23.1 Å². The Hall–Kier alpha value is -5.17. The van der Waals surface area contributed by atoms with Gasteiger partial charge in [0.05, 0.1) is 23.8 Å². The number of ether oxygens (including phenoxy) is 1. The number of anilines is 1. The molecule has 1 atom stereocenters. The fourth-order valence-electron chi connectivity index (χ4n) is 8.34. The Bertz CT molecular complexity index is 2310. The van der Waals surface area contributed by atoms with Gasteiger partial charge in [-0.05, 0) is 97.2 Å². The van der Waals surface area contributed by atoms with Crippen molar-refractivity contribution in [1.29, 1.82) is 0 Å². The number of nitrogens with one attached hydrogen (secondary N) is 2. The standard InChI is InChI=1S/C47H59FN8O3/c1-7-42-40(43(52-37-14-18-59-19-15-37)39-25-51-56(8-2)45(39)53-42)29-55(46(58)35-22-34(44(49)57)23-36(24-35)47(4,5)6)28-32-12-13-41(48)38(21-32)33-11-9-10-31(20-33)27-54-17-16-50-30(3)26-54/h9-13,20-25,30,37,50H,7-8,14-19,26-29H2,1-6H3,(H2,49,57)(H,52,53)/t30-/m0/s1. The van der Waals surface area contributed by atoms with E-state index in [2.05, 4.69) is 46.6 Å². The first-order chi connectivity index (χ1) is 28.3. The normalized spacial score (nSPS) is 16.7. The van der Waals surface area contributed by atoms with E-state index < -0.39 is 5.91 Å². The second-order valence-electron chi connectivity index (χ2n) is 17.2. The average molecular weight is 803 g/mol. The molecule has 7 rings (SSSR count). The van der Waals surface area contributed by atoms with Gasteiger partial charge in [0.25, 0.3) is 5.91 Å². The zero-order valence-electron chi connectivity index (χ0n) is 35.4. The summed E-state index contributed by atoms with van der Waals surface area (Å²) in [6.07, 6.45) is 4.18. The van der Waals surface area contributed by atoms with Gasteiger partial charge in [0.15, 0.2) is 5.65 Å². The minimum absolute atomic E-state index is 0.166. The SMILES string of the molecule is CCc1nc2c(cnn2CC)c(NC2CCOCC2)c1CN(Cc1ccc(F)c(-c2cccc(CN3CCN[C@@H](C)C3)c2)c1)C(=O)c1cc(C(N)=O)cc(C(C)(C)C)c1. The van der Waals surface area contributed by atoms with E-state index >= 15 is 9.18 Å². The van der Waals surface area contributed by atoms with E-state index in [0.29, 0.717) is 43.3 Å². The van der Waals surface area contributed by atoms with Gasteiger partial charge in [0, 0.05) is 92.5 Å². The Kier molecular flexibility index (Phi) is 12.8. The van der Waals surface area contributed by atoms with Crippen LogP contribution in [-0.2, 0) is 42.8 Å². The number of fused-ring (bicyclic) bond motifs is 1. The van der Waals surface area contributed by atoms with Crippen molar-refractivity contribution in [3.63, 3.8) is 0 Å². The number of nitrogens with two attached hydrogens (primary N) is 1. The van der Waals surface area contributed by atoms with Crippen molar-refractivity contribution in [2.24, 2.45) is 5.73 Å². The van der Waals surface area contributed by atoms with Crippen LogP contribution < -0.4 is 16.4 Å². The monoisotopic (exact) mass is 802 g/mol. The van der Waals surface area contributed by atoms with Crippen LogP contribution in [0.25, 0.3) is 22.2 Å². The summed E-state index contributed by atoms with van der Waals surface area (Å²) in [5.74, 6) is -1.21. The minimum atomic E-state index is -0.604. The van der Waals surface area contributed by atoms with Crippen LogP contribution in [0.4, 0.5) is 10.1 Å². The van der Waals surface area contributed by atoms with Gasteiger partial charge in [-0.3, -0.25) is 14.5 Å². The van der Waals surface area contributed by atoms with Crippen molar-refractivity contribution in [3.05, 3.63) is 112 Å². The summed E-state index contributed by atoms with van der Waals surface area (Å²) < 4.78 is 23.5. The van der Waals surface area contributed by atoms with Gasteiger partial charge in [-0.25, -0.2) is 14.1 Å². The third-order valence-electron chi connectivity index (χ3n) is 11.6. The number of aromatic nitrogens is 3. The van der Waals surface area contributed by atoms with Gasteiger partial charge in [-0.2, -0.15) is 5.10 Å². The fourth-order valence-corrected chi connectivity index (χ4v) is 8.34. The largest absolute Gasteiger partial charge is 0.381 e.